The normalized spacial score (nSPS) is 11.7. The van der Waals surface area contributed by atoms with Crippen molar-refractivity contribution in [2.45, 2.75) is 13.1 Å². The summed E-state index contributed by atoms with van der Waals surface area (Å²) < 4.78 is 43.8. The molecule has 0 aliphatic rings. The summed E-state index contributed by atoms with van der Waals surface area (Å²) >= 11 is 0. The lowest BCUT2D eigenvalue weighted by atomic mass is 10.2. The number of anilines is 1. The van der Waals surface area contributed by atoms with E-state index in [1.807, 2.05) is 0 Å². The maximum Gasteiger partial charge on any atom is 0.416 e. The number of alkyl halides is 3. The Hall–Kier alpha value is -3.42. The van der Waals surface area contributed by atoms with Gasteiger partial charge in [0.15, 0.2) is 6.61 Å². The number of hydrogen-bond donors (Lipinski definition) is 0. The van der Waals surface area contributed by atoms with Crippen LogP contribution in [0.2, 0.25) is 0 Å². The molecule has 0 radical (unpaired) electrons. The Morgan fingerprint density at radius 1 is 1.11 bits per heavy atom. The largest absolute Gasteiger partial charge is 0.452 e. The van der Waals surface area contributed by atoms with Crippen molar-refractivity contribution >= 4 is 23.8 Å². The minimum absolute atomic E-state index is 0.103. The smallest absolute Gasteiger partial charge is 0.416 e. The van der Waals surface area contributed by atoms with Gasteiger partial charge in [0.05, 0.1) is 17.5 Å². The van der Waals surface area contributed by atoms with E-state index in [4.69, 9.17) is 4.74 Å². The topological polar surface area (TPSA) is 59.0 Å². The zero-order chi connectivity index (χ0) is 20.6. The van der Waals surface area contributed by atoms with E-state index in [1.165, 1.54) is 24.4 Å². The maximum absolute atomic E-state index is 13.0. The number of nitrogens with zero attached hydrogens (tertiary/aromatic N) is 2. The Morgan fingerprint density at radius 2 is 1.82 bits per heavy atom. The minimum atomic E-state index is -4.58. The zero-order valence-corrected chi connectivity index (χ0v) is 14.9. The molecule has 0 spiro atoms. The zero-order valence-electron chi connectivity index (χ0n) is 14.9. The molecule has 0 aromatic heterocycles. The number of hydrazone groups is 1. The highest BCUT2D eigenvalue weighted by Crippen LogP contribution is 2.31. The highest BCUT2D eigenvalue weighted by atomic mass is 19.4. The van der Waals surface area contributed by atoms with Gasteiger partial charge in [-0.3, -0.25) is 4.79 Å². The van der Waals surface area contributed by atoms with Crippen molar-refractivity contribution in [1.82, 2.24) is 0 Å². The average Bonchev–Trinajstić information content (AvgIpc) is 2.67. The molecule has 5 nitrogen and oxygen atoms in total. The van der Waals surface area contributed by atoms with Crippen LogP contribution in [0, 0.1) is 0 Å². The van der Waals surface area contributed by atoms with E-state index < -0.39 is 30.2 Å². The summed E-state index contributed by atoms with van der Waals surface area (Å²) in [5.74, 6) is -1.55. The quantitative estimate of drug-likeness (QED) is 0.322. The van der Waals surface area contributed by atoms with Crippen LogP contribution in [0.4, 0.5) is 18.9 Å². The van der Waals surface area contributed by atoms with Gasteiger partial charge in [-0.25, -0.2) is 4.79 Å². The van der Waals surface area contributed by atoms with Gasteiger partial charge in [0.1, 0.15) is 0 Å². The lowest BCUT2D eigenvalue weighted by Crippen LogP contribution is -2.30. The average molecular weight is 390 g/mol. The number of ether oxygens (including phenoxy) is 1. The molecule has 1 amide bonds. The van der Waals surface area contributed by atoms with Gasteiger partial charge in [-0.15, -0.1) is 0 Å². The first-order chi connectivity index (χ1) is 13.3. The Bertz CT molecular complexity index is 878. The number of amides is 1. The van der Waals surface area contributed by atoms with Gasteiger partial charge in [-0.1, -0.05) is 42.5 Å². The van der Waals surface area contributed by atoms with Crippen LogP contribution in [0.1, 0.15) is 18.1 Å². The second kappa shape index (κ2) is 9.50. The number of hydrogen-bond acceptors (Lipinski definition) is 4. The van der Waals surface area contributed by atoms with Gasteiger partial charge in [0.25, 0.3) is 5.91 Å². The number of allylic oxidation sites excluding steroid dienone is 1. The van der Waals surface area contributed by atoms with Crippen molar-refractivity contribution in [1.29, 1.82) is 0 Å². The Balaban J connectivity index is 2.32. The molecule has 0 saturated heterocycles. The molecular weight excluding hydrogens is 373 g/mol. The Labute approximate surface area is 159 Å². The fraction of sp³-hybridized carbons (Fsp3) is 0.150. The molecule has 0 N–H and O–H groups in total. The fourth-order valence-corrected chi connectivity index (χ4v) is 2.13. The number of esters is 1. The molecular formula is C20H17F3N2O3. The first-order valence-electron chi connectivity index (χ1n) is 8.20. The third-order valence-electron chi connectivity index (χ3n) is 3.42. The first kappa shape index (κ1) is 20.9. The molecule has 146 valence electrons. The van der Waals surface area contributed by atoms with Crippen LogP contribution in [0.25, 0.3) is 0 Å². The lowest BCUT2D eigenvalue weighted by molar-refractivity contribution is -0.143. The Kier molecular flexibility index (Phi) is 7.08. The van der Waals surface area contributed by atoms with Gasteiger partial charge in [-0.05, 0) is 30.7 Å². The molecule has 0 atom stereocenters. The predicted molar refractivity (Wildman–Crippen MR) is 98.7 cm³/mol. The first-order valence-corrected chi connectivity index (χ1v) is 8.20. The van der Waals surface area contributed by atoms with Gasteiger partial charge < -0.3 is 4.74 Å². The number of carbonyl (C=O) groups is 2. The molecule has 28 heavy (non-hydrogen) atoms. The number of halogens is 3. The second-order valence-corrected chi connectivity index (χ2v) is 5.52. The van der Waals surface area contributed by atoms with E-state index in [0.29, 0.717) is 5.56 Å². The minimum Gasteiger partial charge on any atom is -0.452 e. The van der Waals surface area contributed by atoms with Crippen LogP contribution < -0.4 is 5.01 Å². The molecule has 2 aromatic carbocycles. The maximum atomic E-state index is 13.0. The van der Waals surface area contributed by atoms with E-state index >= 15 is 0 Å². The van der Waals surface area contributed by atoms with Gasteiger partial charge in [0, 0.05) is 6.08 Å². The molecule has 0 bridgehead atoms. The van der Waals surface area contributed by atoms with E-state index in [0.717, 1.165) is 23.2 Å². The van der Waals surface area contributed by atoms with Crippen LogP contribution in [-0.4, -0.2) is 24.7 Å². The van der Waals surface area contributed by atoms with Crippen molar-refractivity contribution in [3.63, 3.8) is 0 Å². The molecule has 0 heterocycles. The lowest BCUT2D eigenvalue weighted by Gasteiger charge is -2.18. The van der Waals surface area contributed by atoms with Gasteiger partial charge in [0.2, 0.25) is 0 Å². The number of rotatable bonds is 6. The van der Waals surface area contributed by atoms with E-state index in [-0.39, 0.29) is 5.69 Å². The van der Waals surface area contributed by atoms with Crippen LogP contribution in [-0.2, 0) is 20.5 Å². The molecule has 0 saturated carbocycles. The summed E-state index contributed by atoms with van der Waals surface area (Å²) in [4.78, 5) is 23.9. The van der Waals surface area contributed by atoms with E-state index in [1.54, 1.807) is 37.3 Å². The predicted octanol–water partition coefficient (Wildman–Crippen LogP) is 4.19. The van der Waals surface area contributed by atoms with E-state index in [2.05, 4.69) is 5.10 Å². The third-order valence-corrected chi connectivity index (χ3v) is 3.42. The molecule has 0 aliphatic heterocycles. The highest BCUT2D eigenvalue weighted by Gasteiger charge is 2.31. The monoisotopic (exact) mass is 390 g/mol. The SMILES string of the molecule is CC=CC(=O)OCC(=O)N(N=Cc1ccccc1)c1cccc(C(F)(F)F)c1. The molecule has 2 aromatic rings. The van der Waals surface area contributed by atoms with E-state index in [9.17, 15) is 22.8 Å². The van der Waals surface area contributed by atoms with Crippen LogP contribution in [0.5, 0.6) is 0 Å². The van der Waals surface area contributed by atoms with Gasteiger partial charge >= 0.3 is 12.1 Å². The molecule has 8 heteroatoms. The van der Waals surface area contributed by atoms with Crippen molar-refractivity contribution < 1.29 is 27.5 Å². The van der Waals surface area contributed by atoms with Gasteiger partial charge in [-0.2, -0.15) is 23.3 Å². The standard InChI is InChI=1S/C20H17F3N2O3/c1-2-7-19(27)28-14-18(26)25(24-13-15-8-4-3-5-9-15)17-11-6-10-16(12-17)20(21,22)23/h2-13H,14H2,1H3. The summed E-state index contributed by atoms with van der Waals surface area (Å²) in [6.07, 6.45) is -0.696. The van der Waals surface area contributed by atoms with Crippen molar-refractivity contribution in [2.24, 2.45) is 5.10 Å². The summed E-state index contributed by atoms with van der Waals surface area (Å²) in [5, 5.41) is 4.76. The molecule has 2 rings (SSSR count). The summed E-state index contributed by atoms with van der Waals surface area (Å²) in [6, 6.07) is 12.9. The molecule has 0 aliphatic carbocycles. The summed E-state index contributed by atoms with van der Waals surface area (Å²) in [6.45, 7) is 0.924. The summed E-state index contributed by atoms with van der Waals surface area (Å²) in [7, 11) is 0. The van der Waals surface area contributed by atoms with Crippen molar-refractivity contribution in [3.05, 3.63) is 77.9 Å². The van der Waals surface area contributed by atoms with Crippen LogP contribution in [0.15, 0.2) is 71.9 Å². The Morgan fingerprint density at radius 3 is 2.46 bits per heavy atom. The van der Waals surface area contributed by atoms with Crippen molar-refractivity contribution in [2.75, 3.05) is 11.6 Å². The third kappa shape index (κ3) is 6.08. The second-order valence-electron chi connectivity index (χ2n) is 5.52. The van der Waals surface area contributed by atoms with Crippen LogP contribution in [0.3, 0.4) is 0 Å². The number of benzene rings is 2. The molecule has 0 fully saturated rings. The number of carbonyl (C=O) groups excluding carboxylic acids is 2. The van der Waals surface area contributed by atoms with Crippen LogP contribution >= 0.6 is 0 Å². The highest BCUT2D eigenvalue weighted by molar-refractivity contribution is 5.97. The fourth-order valence-electron chi connectivity index (χ4n) is 2.13. The van der Waals surface area contributed by atoms with Crippen molar-refractivity contribution in [3.8, 4) is 0 Å². The summed E-state index contributed by atoms with van der Waals surface area (Å²) in [5.41, 5.74) is -0.393. The molecule has 0 unspecified atom stereocenters.